The molecule has 0 amide bonds. The standard InChI is InChI=1S/C10H9F2NO3/c1-2-16-9(15)10(11,12)8-4-3-7(6-14)5-13-8/h3-6H,2H2,1H3. The number of alkyl halides is 2. The summed E-state index contributed by atoms with van der Waals surface area (Å²) in [5.74, 6) is -5.45. The van der Waals surface area contributed by atoms with E-state index >= 15 is 0 Å². The molecule has 1 rings (SSSR count). The van der Waals surface area contributed by atoms with Gasteiger partial charge in [0.1, 0.15) is 5.69 Å². The summed E-state index contributed by atoms with van der Waals surface area (Å²) in [5, 5.41) is 0. The number of rotatable bonds is 4. The first-order valence-corrected chi connectivity index (χ1v) is 4.49. The van der Waals surface area contributed by atoms with E-state index in [2.05, 4.69) is 9.72 Å². The van der Waals surface area contributed by atoms with Crippen molar-refractivity contribution in [1.82, 2.24) is 4.98 Å². The topological polar surface area (TPSA) is 56.3 Å². The molecule has 0 aliphatic heterocycles. The fourth-order valence-corrected chi connectivity index (χ4v) is 0.987. The fourth-order valence-electron chi connectivity index (χ4n) is 0.987. The van der Waals surface area contributed by atoms with E-state index in [4.69, 9.17) is 0 Å². The Morgan fingerprint density at radius 1 is 1.56 bits per heavy atom. The molecule has 1 aromatic rings. The highest BCUT2D eigenvalue weighted by molar-refractivity contribution is 5.79. The Kier molecular flexibility index (Phi) is 3.65. The van der Waals surface area contributed by atoms with Crippen molar-refractivity contribution in [2.75, 3.05) is 6.61 Å². The van der Waals surface area contributed by atoms with Crippen LogP contribution in [0.1, 0.15) is 23.0 Å². The Bertz CT molecular complexity index is 390. The van der Waals surface area contributed by atoms with Crippen molar-refractivity contribution in [1.29, 1.82) is 0 Å². The molecule has 0 N–H and O–H groups in total. The van der Waals surface area contributed by atoms with Crippen molar-refractivity contribution >= 4 is 12.3 Å². The summed E-state index contributed by atoms with van der Waals surface area (Å²) in [6.07, 6.45) is 1.44. The molecule has 1 aromatic heterocycles. The molecule has 6 heteroatoms. The van der Waals surface area contributed by atoms with Gasteiger partial charge in [-0.05, 0) is 19.1 Å². The first kappa shape index (κ1) is 12.2. The number of halogens is 2. The molecule has 0 aliphatic rings. The Labute approximate surface area is 90.2 Å². The van der Waals surface area contributed by atoms with Crippen LogP contribution in [-0.4, -0.2) is 23.8 Å². The van der Waals surface area contributed by atoms with E-state index in [1.54, 1.807) is 0 Å². The van der Waals surface area contributed by atoms with Gasteiger partial charge in [-0.2, -0.15) is 8.78 Å². The third-order valence-corrected chi connectivity index (χ3v) is 1.78. The van der Waals surface area contributed by atoms with Crippen molar-refractivity contribution in [3.05, 3.63) is 29.6 Å². The Hall–Kier alpha value is -1.85. The summed E-state index contributed by atoms with van der Waals surface area (Å²) < 4.78 is 30.9. The summed E-state index contributed by atoms with van der Waals surface area (Å²) in [6.45, 7) is 1.29. The van der Waals surface area contributed by atoms with Gasteiger partial charge in [-0.25, -0.2) is 4.79 Å². The predicted octanol–water partition coefficient (Wildman–Crippen LogP) is 1.55. The molecule has 0 aliphatic carbocycles. The Morgan fingerprint density at radius 2 is 2.25 bits per heavy atom. The summed E-state index contributed by atoms with van der Waals surface area (Å²) in [6, 6.07) is 2.07. The fraction of sp³-hybridized carbons (Fsp3) is 0.300. The largest absolute Gasteiger partial charge is 0.461 e. The smallest absolute Gasteiger partial charge is 0.384 e. The molecule has 86 valence electrons. The van der Waals surface area contributed by atoms with Crippen molar-refractivity contribution < 1.29 is 23.1 Å². The van der Waals surface area contributed by atoms with Gasteiger partial charge >= 0.3 is 11.9 Å². The van der Waals surface area contributed by atoms with Crippen LogP contribution < -0.4 is 0 Å². The average molecular weight is 229 g/mol. The van der Waals surface area contributed by atoms with E-state index in [1.165, 1.54) is 6.92 Å². The third-order valence-electron chi connectivity index (χ3n) is 1.78. The van der Waals surface area contributed by atoms with Gasteiger partial charge in [-0.15, -0.1) is 0 Å². The minimum Gasteiger partial charge on any atom is -0.461 e. The predicted molar refractivity (Wildman–Crippen MR) is 50.2 cm³/mol. The van der Waals surface area contributed by atoms with E-state index in [0.29, 0.717) is 6.29 Å². The van der Waals surface area contributed by atoms with E-state index in [9.17, 15) is 18.4 Å². The summed E-state index contributed by atoms with van der Waals surface area (Å²) in [5.41, 5.74) is -0.583. The molecular formula is C10H9F2NO3. The second-order valence-corrected chi connectivity index (χ2v) is 2.89. The van der Waals surface area contributed by atoms with Gasteiger partial charge in [0.2, 0.25) is 0 Å². The second kappa shape index (κ2) is 4.78. The number of esters is 1. The lowest BCUT2D eigenvalue weighted by molar-refractivity contribution is -0.173. The highest BCUT2D eigenvalue weighted by Gasteiger charge is 2.44. The molecule has 0 unspecified atom stereocenters. The molecule has 0 radical (unpaired) electrons. The molecule has 0 saturated carbocycles. The van der Waals surface area contributed by atoms with Crippen LogP contribution in [0.2, 0.25) is 0 Å². The number of nitrogens with zero attached hydrogens (tertiary/aromatic N) is 1. The molecule has 4 nitrogen and oxygen atoms in total. The number of hydrogen-bond acceptors (Lipinski definition) is 4. The van der Waals surface area contributed by atoms with Gasteiger partial charge < -0.3 is 4.74 Å². The minimum atomic E-state index is -3.79. The molecule has 0 atom stereocenters. The zero-order chi connectivity index (χ0) is 12.2. The van der Waals surface area contributed by atoms with Gasteiger partial charge in [-0.1, -0.05) is 0 Å². The van der Waals surface area contributed by atoms with Gasteiger partial charge in [0.15, 0.2) is 6.29 Å². The van der Waals surface area contributed by atoms with Crippen LogP contribution in [0, 0.1) is 0 Å². The maximum absolute atomic E-state index is 13.3. The molecule has 0 aromatic carbocycles. The molecule has 16 heavy (non-hydrogen) atoms. The van der Waals surface area contributed by atoms with E-state index < -0.39 is 17.6 Å². The van der Waals surface area contributed by atoms with Crippen molar-refractivity contribution in [2.24, 2.45) is 0 Å². The summed E-state index contributed by atoms with van der Waals surface area (Å²) >= 11 is 0. The molecular weight excluding hydrogens is 220 g/mol. The molecule has 0 fully saturated rings. The number of ether oxygens (including phenoxy) is 1. The van der Waals surface area contributed by atoms with Crippen LogP contribution >= 0.6 is 0 Å². The van der Waals surface area contributed by atoms with Gasteiger partial charge in [0.05, 0.1) is 6.61 Å². The summed E-state index contributed by atoms with van der Waals surface area (Å²) in [7, 11) is 0. The Morgan fingerprint density at radius 3 is 2.69 bits per heavy atom. The first-order valence-electron chi connectivity index (χ1n) is 4.49. The monoisotopic (exact) mass is 229 g/mol. The van der Waals surface area contributed by atoms with Crippen LogP contribution in [0.4, 0.5) is 8.78 Å². The van der Waals surface area contributed by atoms with Crippen LogP contribution in [0.15, 0.2) is 18.3 Å². The number of hydrogen-bond donors (Lipinski definition) is 0. The van der Waals surface area contributed by atoms with Crippen LogP contribution in [0.25, 0.3) is 0 Å². The zero-order valence-corrected chi connectivity index (χ0v) is 8.44. The number of carbonyl (C=O) groups is 2. The minimum absolute atomic E-state index is 0.138. The second-order valence-electron chi connectivity index (χ2n) is 2.89. The molecule has 1 heterocycles. The van der Waals surface area contributed by atoms with E-state index in [-0.39, 0.29) is 12.2 Å². The van der Waals surface area contributed by atoms with Crippen molar-refractivity contribution in [2.45, 2.75) is 12.8 Å². The van der Waals surface area contributed by atoms with Crippen LogP contribution in [-0.2, 0) is 15.5 Å². The third kappa shape index (κ3) is 2.39. The number of aromatic nitrogens is 1. The lowest BCUT2D eigenvalue weighted by Gasteiger charge is -2.13. The highest BCUT2D eigenvalue weighted by atomic mass is 19.3. The quantitative estimate of drug-likeness (QED) is 0.580. The van der Waals surface area contributed by atoms with Gasteiger partial charge in [-0.3, -0.25) is 9.78 Å². The van der Waals surface area contributed by atoms with Gasteiger partial charge in [0.25, 0.3) is 0 Å². The summed E-state index contributed by atoms with van der Waals surface area (Å²) in [4.78, 5) is 24.6. The lowest BCUT2D eigenvalue weighted by atomic mass is 10.2. The normalized spacial score (nSPS) is 10.9. The highest BCUT2D eigenvalue weighted by Crippen LogP contribution is 2.27. The van der Waals surface area contributed by atoms with Crippen LogP contribution in [0.3, 0.4) is 0 Å². The maximum Gasteiger partial charge on any atom is 0.384 e. The molecule has 0 spiro atoms. The number of carbonyl (C=O) groups excluding carboxylic acids is 2. The number of pyridine rings is 1. The van der Waals surface area contributed by atoms with Crippen molar-refractivity contribution in [3.63, 3.8) is 0 Å². The lowest BCUT2D eigenvalue weighted by Crippen LogP contribution is -2.29. The Balaban J connectivity index is 2.97. The van der Waals surface area contributed by atoms with E-state index in [1.807, 2.05) is 0 Å². The van der Waals surface area contributed by atoms with Crippen LogP contribution in [0.5, 0.6) is 0 Å². The number of aldehydes is 1. The average Bonchev–Trinajstić information content (AvgIpc) is 2.29. The SMILES string of the molecule is CCOC(=O)C(F)(F)c1ccc(C=O)cn1. The van der Waals surface area contributed by atoms with Crippen molar-refractivity contribution in [3.8, 4) is 0 Å². The zero-order valence-electron chi connectivity index (χ0n) is 8.44. The molecule has 0 saturated heterocycles. The maximum atomic E-state index is 13.3. The first-order chi connectivity index (χ1) is 7.52. The molecule has 0 bridgehead atoms. The van der Waals surface area contributed by atoms with Gasteiger partial charge in [0, 0.05) is 11.8 Å². The van der Waals surface area contributed by atoms with E-state index in [0.717, 1.165) is 18.3 Å².